The van der Waals surface area contributed by atoms with Crippen LogP contribution in [-0.4, -0.2) is 3.23 Å². The highest BCUT2D eigenvalue weighted by Gasteiger charge is 2.18. The van der Waals surface area contributed by atoms with Crippen LogP contribution in [-0.2, 0) is 0 Å². The second-order valence-electron chi connectivity index (χ2n) is 2.25. The van der Waals surface area contributed by atoms with E-state index in [-0.39, 0.29) is 3.23 Å². The summed E-state index contributed by atoms with van der Waals surface area (Å²) in [7, 11) is 0. The van der Waals surface area contributed by atoms with E-state index in [1.54, 1.807) is 0 Å². The van der Waals surface area contributed by atoms with Crippen LogP contribution in [0.1, 0.15) is 13.3 Å². The van der Waals surface area contributed by atoms with E-state index < -0.39 is 0 Å². The average Bonchev–Trinajstić information content (AvgIpc) is 1.78. The Morgan fingerprint density at radius 3 is 2.56 bits per heavy atom. The van der Waals surface area contributed by atoms with Gasteiger partial charge < -0.3 is 0 Å². The Bertz CT molecular complexity index is 166. The predicted molar refractivity (Wildman–Crippen MR) is 48.1 cm³/mol. The molecule has 0 N–H and O–H groups in total. The number of hydrogen-bond donors (Lipinski definition) is 0. The molecule has 0 atom stereocenters. The Kier molecular flexibility index (Phi) is 2.17. The van der Waals surface area contributed by atoms with Gasteiger partial charge in [0.25, 0.3) is 0 Å². The highest BCUT2D eigenvalue weighted by atomic mass is 79.9. The minimum atomic E-state index is 0.0273. The van der Waals surface area contributed by atoms with Gasteiger partial charge in [0, 0.05) is 0 Å². The van der Waals surface area contributed by atoms with Crippen molar-refractivity contribution in [3.05, 3.63) is 23.8 Å². The molecular weight excluding hydrogens is 244 g/mol. The lowest BCUT2D eigenvalue weighted by atomic mass is 10.1. The lowest BCUT2D eigenvalue weighted by Crippen LogP contribution is -2.07. The van der Waals surface area contributed by atoms with Crippen LogP contribution >= 0.6 is 31.9 Å². The van der Waals surface area contributed by atoms with Crippen molar-refractivity contribution in [1.82, 2.24) is 0 Å². The summed E-state index contributed by atoms with van der Waals surface area (Å²) >= 11 is 7.01. The third kappa shape index (κ3) is 2.26. The van der Waals surface area contributed by atoms with E-state index in [9.17, 15) is 0 Å². The van der Waals surface area contributed by atoms with Gasteiger partial charge in [-0.1, -0.05) is 55.7 Å². The van der Waals surface area contributed by atoms with Gasteiger partial charge in [-0.25, -0.2) is 0 Å². The summed E-state index contributed by atoms with van der Waals surface area (Å²) in [5, 5.41) is 0. The van der Waals surface area contributed by atoms with Gasteiger partial charge in [-0.3, -0.25) is 0 Å². The van der Waals surface area contributed by atoms with Gasteiger partial charge in [-0.15, -0.1) is 0 Å². The Morgan fingerprint density at radius 1 is 1.56 bits per heavy atom. The summed E-state index contributed by atoms with van der Waals surface area (Å²) < 4.78 is 0.0273. The van der Waals surface area contributed by atoms with Crippen LogP contribution in [0.15, 0.2) is 23.8 Å². The first-order valence-electron chi connectivity index (χ1n) is 2.84. The number of alkyl halides is 2. The monoisotopic (exact) mass is 250 g/mol. The van der Waals surface area contributed by atoms with Crippen molar-refractivity contribution in [2.45, 2.75) is 16.6 Å². The summed E-state index contributed by atoms with van der Waals surface area (Å²) in [6, 6.07) is 0. The maximum atomic E-state index is 3.51. The highest BCUT2D eigenvalue weighted by Crippen LogP contribution is 2.35. The summed E-state index contributed by atoms with van der Waals surface area (Å²) in [4.78, 5) is 0. The van der Waals surface area contributed by atoms with E-state index >= 15 is 0 Å². The van der Waals surface area contributed by atoms with Crippen molar-refractivity contribution < 1.29 is 0 Å². The fourth-order valence-corrected chi connectivity index (χ4v) is 1.27. The molecule has 0 fully saturated rings. The third-order valence-corrected chi connectivity index (χ3v) is 2.46. The lowest BCUT2D eigenvalue weighted by Gasteiger charge is -2.16. The van der Waals surface area contributed by atoms with E-state index in [1.165, 1.54) is 5.57 Å². The van der Waals surface area contributed by atoms with Crippen molar-refractivity contribution in [2.24, 2.45) is 0 Å². The zero-order valence-electron chi connectivity index (χ0n) is 5.20. The average molecular weight is 252 g/mol. The van der Waals surface area contributed by atoms with Crippen LogP contribution in [0.25, 0.3) is 0 Å². The van der Waals surface area contributed by atoms with Crippen LogP contribution in [0.4, 0.5) is 0 Å². The van der Waals surface area contributed by atoms with Crippen molar-refractivity contribution in [2.75, 3.05) is 0 Å². The maximum absolute atomic E-state index is 3.51. The Labute approximate surface area is 72.3 Å². The van der Waals surface area contributed by atoms with Crippen molar-refractivity contribution in [3.63, 3.8) is 0 Å². The van der Waals surface area contributed by atoms with Crippen LogP contribution in [0.3, 0.4) is 0 Å². The molecule has 0 aromatic rings. The summed E-state index contributed by atoms with van der Waals surface area (Å²) in [5.41, 5.74) is 1.34. The second kappa shape index (κ2) is 2.59. The highest BCUT2D eigenvalue weighted by molar-refractivity contribution is 9.25. The first-order chi connectivity index (χ1) is 4.10. The van der Waals surface area contributed by atoms with E-state index in [0.717, 1.165) is 6.42 Å². The van der Waals surface area contributed by atoms with Crippen molar-refractivity contribution >= 4 is 31.9 Å². The summed E-state index contributed by atoms with van der Waals surface area (Å²) in [5.74, 6) is 0. The minimum Gasteiger partial charge on any atom is -0.0790 e. The zero-order valence-corrected chi connectivity index (χ0v) is 8.37. The summed E-state index contributed by atoms with van der Waals surface area (Å²) in [6.45, 7) is 2.10. The normalized spacial score (nSPS) is 23.7. The first-order valence-corrected chi connectivity index (χ1v) is 4.43. The predicted octanol–water partition coefficient (Wildman–Crippen LogP) is 3.38. The van der Waals surface area contributed by atoms with Crippen LogP contribution in [0.5, 0.6) is 0 Å². The Morgan fingerprint density at radius 2 is 2.22 bits per heavy atom. The van der Waals surface area contributed by atoms with Gasteiger partial charge in [0.2, 0.25) is 0 Å². The van der Waals surface area contributed by atoms with Crippen molar-refractivity contribution in [3.8, 4) is 0 Å². The zero-order chi connectivity index (χ0) is 6.91. The molecule has 2 heteroatoms. The Hall–Kier alpha value is 0.440. The van der Waals surface area contributed by atoms with E-state index in [2.05, 4.69) is 57.0 Å². The fourth-order valence-electron chi connectivity index (χ4n) is 0.687. The van der Waals surface area contributed by atoms with Crippen LogP contribution < -0.4 is 0 Å². The molecule has 0 spiro atoms. The molecule has 0 saturated heterocycles. The van der Waals surface area contributed by atoms with Gasteiger partial charge in [-0.2, -0.15) is 0 Å². The van der Waals surface area contributed by atoms with Gasteiger partial charge >= 0.3 is 0 Å². The van der Waals surface area contributed by atoms with Gasteiger partial charge in [0.1, 0.15) is 3.23 Å². The molecule has 0 heterocycles. The van der Waals surface area contributed by atoms with Gasteiger partial charge in [0.05, 0.1) is 0 Å². The first kappa shape index (κ1) is 7.55. The molecule has 0 radical (unpaired) electrons. The maximum Gasteiger partial charge on any atom is 0.102 e. The van der Waals surface area contributed by atoms with E-state index in [4.69, 9.17) is 0 Å². The molecule has 0 aromatic heterocycles. The number of hydrogen-bond acceptors (Lipinski definition) is 0. The molecular formula is C7H8Br2. The Balaban J connectivity index is 2.70. The lowest BCUT2D eigenvalue weighted by molar-refractivity contribution is 1.01. The number of halogens is 2. The molecule has 1 rings (SSSR count). The van der Waals surface area contributed by atoms with E-state index in [0.29, 0.717) is 0 Å². The molecule has 0 unspecified atom stereocenters. The third-order valence-electron chi connectivity index (χ3n) is 1.29. The van der Waals surface area contributed by atoms with Gasteiger partial charge in [0.15, 0.2) is 0 Å². The molecule has 1 aliphatic rings. The number of allylic oxidation sites excluding steroid dienone is 4. The molecule has 0 nitrogen and oxygen atoms in total. The molecule has 9 heavy (non-hydrogen) atoms. The minimum absolute atomic E-state index is 0.0273. The van der Waals surface area contributed by atoms with Crippen molar-refractivity contribution in [1.29, 1.82) is 0 Å². The quantitative estimate of drug-likeness (QED) is 0.579. The molecule has 50 valence electrons. The van der Waals surface area contributed by atoms with Gasteiger partial charge in [-0.05, 0) is 13.3 Å². The van der Waals surface area contributed by atoms with Crippen LogP contribution in [0.2, 0.25) is 0 Å². The molecule has 0 aromatic carbocycles. The molecule has 0 bridgehead atoms. The molecule has 1 aliphatic carbocycles. The molecule has 0 aliphatic heterocycles. The fraction of sp³-hybridized carbons (Fsp3) is 0.429. The topological polar surface area (TPSA) is 0 Å². The SMILES string of the molecule is CC1=CCC(Br)(Br)C=C1. The van der Waals surface area contributed by atoms with E-state index in [1.807, 2.05) is 0 Å². The summed E-state index contributed by atoms with van der Waals surface area (Å²) in [6.07, 6.45) is 7.44. The smallest absolute Gasteiger partial charge is 0.0790 e. The second-order valence-corrected chi connectivity index (χ2v) is 6.14. The molecule has 0 amide bonds. The standard InChI is InChI=1S/C7H8Br2/c1-6-2-4-7(8,9)5-3-6/h2-4H,5H2,1H3. The number of rotatable bonds is 0. The molecule has 0 saturated carbocycles. The largest absolute Gasteiger partial charge is 0.102 e. The van der Waals surface area contributed by atoms with Crippen LogP contribution in [0, 0.1) is 0 Å².